The number of carbonyl (C=O) groups is 1. The molecule has 0 aliphatic carbocycles. The topological polar surface area (TPSA) is 38.3 Å². The zero-order chi connectivity index (χ0) is 15.1. The Morgan fingerprint density at radius 1 is 1.14 bits per heavy atom. The van der Waals surface area contributed by atoms with E-state index in [1.807, 2.05) is 31.2 Å². The predicted molar refractivity (Wildman–Crippen MR) is 87.5 cm³/mol. The highest BCUT2D eigenvalue weighted by molar-refractivity contribution is 5.95. The highest BCUT2D eigenvalue weighted by Crippen LogP contribution is 2.23. The largest absolute Gasteiger partial charge is 0.464 e. The van der Waals surface area contributed by atoms with Crippen LogP contribution in [0.15, 0.2) is 42.5 Å². The second-order valence-electron chi connectivity index (χ2n) is 5.27. The van der Waals surface area contributed by atoms with Crippen LogP contribution in [0.1, 0.15) is 33.1 Å². The van der Waals surface area contributed by atoms with E-state index in [1.165, 1.54) is 0 Å². The molecule has 0 aliphatic heterocycles. The molecule has 0 aliphatic rings. The van der Waals surface area contributed by atoms with Gasteiger partial charge in [0, 0.05) is 11.1 Å². The number of esters is 1. The number of rotatable bonds is 7. The summed E-state index contributed by atoms with van der Waals surface area (Å²) in [4.78, 5) is 12.0. The van der Waals surface area contributed by atoms with Crippen LogP contribution in [-0.4, -0.2) is 18.6 Å². The number of nitrogens with one attached hydrogen (secondary N) is 1. The van der Waals surface area contributed by atoms with E-state index in [1.54, 1.807) is 0 Å². The fourth-order valence-corrected chi connectivity index (χ4v) is 2.29. The van der Waals surface area contributed by atoms with Gasteiger partial charge >= 0.3 is 5.97 Å². The molecule has 0 saturated heterocycles. The average Bonchev–Trinajstić information content (AvgIpc) is 2.51. The molecule has 0 unspecified atom stereocenters. The SMILES string of the molecule is CCCCCOC(=O)[C@H](C)Nc1cccc2ccccc12. The maximum absolute atomic E-state index is 12.0. The van der Waals surface area contributed by atoms with Gasteiger partial charge in [-0.2, -0.15) is 0 Å². The van der Waals surface area contributed by atoms with Gasteiger partial charge in [-0.15, -0.1) is 0 Å². The van der Waals surface area contributed by atoms with Crippen LogP contribution in [0.5, 0.6) is 0 Å². The van der Waals surface area contributed by atoms with Gasteiger partial charge in [-0.05, 0) is 24.8 Å². The minimum atomic E-state index is -0.350. The Balaban J connectivity index is 1.98. The molecule has 2 aromatic rings. The fraction of sp³-hybridized carbons (Fsp3) is 0.389. The minimum Gasteiger partial charge on any atom is -0.464 e. The van der Waals surface area contributed by atoms with Crippen molar-refractivity contribution in [2.45, 2.75) is 39.2 Å². The molecule has 1 atom stereocenters. The molecular weight excluding hydrogens is 262 g/mol. The second-order valence-corrected chi connectivity index (χ2v) is 5.27. The number of carbonyl (C=O) groups excluding carboxylic acids is 1. The molecular formula is C18H23NO2. The van der Waals surface area contributed by atoms with Crippen LogP contribution in [0.2, 0.25) is 0 Å². The third kappa shape index (κ3) is 4.22. The molecule has 0 bridgehead atoms. The van der Waals surface area contributed by atoms with E-state index in [0.717, 1.165) is 35.7 Å². The number of hydrogen-bond donors (Lipinski definition) is 1. The van der Waals surface area contributed by atoms with Crippen LogP contribution in [0, 0.1) is 0 Å². The molecule has 0 saturated carbocycles. The monoisotopic (exact) mass is 285 g/mol. The van der Waals surface area contributed by atoms with Gasteiger partial charge < -0.3 is 10.1 Å². The minimum absolute atomic E-state index is 0.195. The Morgan fingerprint density at radius 3 is 2.71 bits per heavy atom. The molecule has 3 heteroatoms. The van der Waals surface area contributed by atoms with Crippen LogP contribution in [0.4, 0.5) is 5.69 Å². The van der Waals surface area contributed by atoms with Crippen molar-refractivity contribution >= 4 is 22.4 Å². The lowest BCUT2D eigenvalue weighted by Gasteiger charge is -2.16. The lowest BCUT2D eigenvalue weighted by molar-refractivity contribution is -0.144. The smallest absolute Gasteiger partial charge is 0.328 e. The summed E-state index contributed by atoms with van der Waals surface area (Å²) in [5.41, 5.74) is 0.964. The number of ether oxygens (including phenoxy) is 1. The highest BCUT2D eigenvalue weighted by Gasteiger charge is 2.14. The van der Waals surface area contributed by atoms with Gasteiger partial charge in [0.2, 0.25) is 0 Å². The third-order valence-corrected chi connectivity index (χ3v) is 3.51. The summed E-state index contributed by atoms with van der Waals surface area (Å²) in [6, 6.07) is 13.8. The first-order valence-electron chi connectivity index (χ1n) is 7.63. The van der Waals surface area contributed by atoms with Crippen molar-refractivity contribution in [3.63, 3.8) is 0 Å². The number of anilines is 1. The van der Waals surface area contributed by atoms with Crippen molar-refractivity contribution in [2.24, 2.45) is 0 Å². The molecule has 0 spiro atoms. The molecule has 3 nitrogen and oxygen atoms in total. The number of hydrogen-bond acceptors (Lipinski definition) is 3. The number of fused-ring (bicyclic) bond motifs is 1. The second kappa shape index (κ2) is 7.67. The lowest BCUT2D eigenvalue weighted by Crippen LogP contribution is -2.28. The van der Waals surface area contributed by atoms with E-state index in [9.17, 15) is 4.79 Å². The predicted octanol–water partition coefficient (Wildman–Crippen LogP) is 4.37. The van der Waals surface area contributed by atoms with Gasteiger partial charge in [0.15, 0.2) is 0 Å². The molecule has 2 rings (SSSR count). The molecule has 1 N–H and O–H groups in total. The van der Waals surface area contributed by atoms with Crippen LogP contribution in [-0.2, 0) is 9.53 Å². The Labute approximate surface area is 126 Å². The maximum Gasteiger partial charge on any atom is 0.328 e. The van der Waals surface area contributed by atoms with Crippen molar-refractivity contribution in [2.75, 3.05) is 11.9 Å². The van der Waals surface area contributed by atoms with Crippen molar-refractivity contribution in [1.29, 1.82) is 0 Å². The summed E-state index contributed by atoms with van der Waals surface area (Å²) < 4.78 is 5.29. The van der Waals surface area contributed by atoms with Gasteiger partial charge in [0.05, 0.1) is 6.61 Å². The lowest BCUT2D eigenvalue weighted by atomic mass is 10.1. The van der Waals surface area contributed by atoms with Crippen molar-refractivity contribution in [3.8, 4) is 0 Å². The van der Waals surface area contributed by atoms with Gasteiger partial charge in [-0.25, -0.2) is 4.79 Å². The van der Waals surface area contributed by atoms with Crippen molar-refractivity contribution < 1.29 is 9.53 Å². The first-order valence-corrected chi connectivity index (χ1v) is 7.63. The normalized spacial score (nSPS) is 12.1. The van der Waals surface area contributed by atoms with Gasteiger partial charge in [0.1, 0.15) is 6.04 Å². The molecule has 21 heavy (non-hydrogen) atoms. The zero-order valence-corrected chi connectivity index (χ0v) is 12.8. The van der Waals surface area contributed by atoms with E-state index in [-0.39, 0.29) is 12.0 Å². The molecule has 0 heterocycles. The van der Waals surface area contributed by atoms with Gasteiger partial charge in [0.25, 0.3) is 0 Å². The summed E-state index contributed by atoms with van der Waals surface area (Å²) in [5, 5.41) is 5.53. The molecule has 112 valence electrons. The Morgan fingerprint density at radius 2 is 1.90 bits per heavy atom. The van der Waals surface area contributed by atoms with E-state index in [0.29, 0.717) is 6.61 Å². The number of unbranched alkanes of at least 4 members (excludes halogenated alkanes) is 2. The Bertz CT molecular complexity index is 589. The standard InChI is InChI=1S/C18H23NO2/c1-3-4-7-13-21-18(20)14(2)19-17-12-8-10-15-9-5-6-11-16(15)17/h5-6,8-12,14,19H,3-4,7,13H2,1-2H3/t14-/m0/s1. The molecule has 0 aromatic heterocycles. The third-order valence-electron chi connectivity index (χ3n) is 3.51. The quantitative estimate of drug-likeness (QED) is 0.606. The summed E-state index contributed by atoms with van der Waals surface area (Å²) in [5.74, 6) is -0.195. The maximum atomic E-state index is 12.0. The van der Waals surface area contributed by atoms with Crippen molar-refractivity contribution in [3.05, 3.63) is 42.5 Å². The first kappa shape index (κ1) is 15.4. The van der Waals surface area contributed by atoms with Gasteiger partial charge in [-0.3, -0.25) is 0 Å². The highest BCUT2D eigenvalue weighted by atomic mass is 16.5. The van der Waals surface area contributed by atoms with Crippen molar-refractivity contribution in [1.82, 2.24) is 0 Å². The Kier molecular flexibility index (Phi) is 5.61. The zero-order valence-electron chi connectivity index (χ0n) is 12.8. The summed E-state index contributed by atoms with van der Waals surface area (Å²) >= 11 is 0. The average molecular weight is 285 g/mol. The van der Waals surface area contributed by atoms with Crippen LogP contribution >= 0.6 is 0 Å². The first-order chi connectivity index (χ1) is 10.2. The van der Waals surface area contributed by atoms with Gasteiger partial charge in [-0.1, -0.05) is 56.2 Å². The summed E-state index contributed by atoms with van der Waals surface area (Å²) in [6.07, 6.45) is 3.16. The Hall–Kier alpha value is -2.03. The van der Waals surface area contributed by atoms with E-state index in [4.69, 9.17) is 4.74 Å². The van der Waals surface area contributed by atoms with Crippen LogP contribution < -0.4 is 5.32 Å². The van der Waals surface area contributed by atoms with E-state index >= 15 is 0 Å². The van der Waals surface area contributed by atoms with Crippen LogP contribution in [0.3, 0.4) is 0 Å². The van der Waals surface area contributed by atoms with E-state index < -0.39 is 0 Å². The van der Waals surface area contributed by atoms with Crippen LogP contribution in [0.25, 0.3) is 10.8 Å². The summed E-state index contributed by atoms with van der Waals surface area (Å²) in [7, 11) is 0. The summed E-state index contributed by atoms with van der Waals surface area (Å²) in [6.45, 7) is 4.48. The molecule has 2 aromatic carbocycles. The number of benzene rings is 2. The molecule has 0 amide bonds. The van der Waals surface area contributed by atoms with E-state index in [2.05, 4.69) is 30.4 Å². The fourth-order valence-electron chi connectivity index (χ4n) is 2.29. The molecule has 0 fully saturated rings. The molecule has 0 radical (unpaired) electrons.